The minimum Gasteiger partial charge on any atom is -0.380 e. The van der Waals surface area contributed by atoms with Crippen molar-refractivity contribution in [1.82, 2.24) is 10.3 Å². The lowest BCUT2D eigenvalue weighted by molar-refractivity contribution is 0.190. The topological polar surface area (TPSA) is 37.4 Å². The van der Waals surface area contributed by atoms with Crippen molar-refractivity contribution in [3.8, 4) is 0 Å². The molecule has 0 spiro atoms. The second-order valence-electron chi connectivity index (χ2n) is 4.34. The SMILES string of the molecule is Cc1nc(N(C)C)sc1CNC1CCOC1. The molecule has 0 saturated carbocycles. The Bertz CT molecular complexity index is 345. The summed E-state index contributed by atoms with van der Waals surface area (Å²) in [5, 5.41) is 4.60. The number of anilines is 1. The van der Waals surface area contributed by atoms with Crippen LogP contribution in [0.5, 0.6) is 0 Å². The number of hydrogen-bond donors (Lipinski definition) is 1. The largest absolute Gasteiger partial charge is 0.380 e. The molecule has 2 heterocycles. The molecule has 1 atom stereocenters. The second kappa shape index (κ2) is 5.12. The van der Waals surface area contributed by atoms with E-state index in [0.29, 0.717) is 6.04 Å². The molecule has 0 amide bonds. The summed E-state index contributed by atoms with van der Waals surface area (Å²) in [5.41, 5.74) is 1.14. The molecule has 1 aliphatic rings. The van der Waals surface area contributed by atoms with Crippen molar-refractivity contribution in [2.24, 2.45) is 0 Å². The summed E-state index contributed by atoms with van der Waals surface area (Å²) >= 11 is 1.76. The van der Waals surface area contributed by atoms with Gasteiger partial charge in [0.05, 0.1) is 12.3 Å². The smallest absolute Gasteiger partial charge is 0.185 e. The van der Waals surface area contributed by atoms with E-state index in [1.165, 1.54) is 4.88 Å². The Morgan fingerprint density at radius 3 is 2.94 bits per heavy atom. The van der Waals surface area contributed by atoms with Gasteiger partial charge in [-0.2, -0.15) is 0 Å². The van der Waals surface area contributed by atoms with Crippen molar-refractivity contribution >= 4 is 16.5 Å². The van der Waals surface area contributed by atoms with Gasteiger partial charge in [0, 0.05) is 38.2 Å². The standard InChI is InChI=1S/C11H19N3OS/c1-8-10(16-11(13-8)14(2)3)6-12-9-4-5-15-7-9/h9,12H,4-7H2,1-3H3. The van der Waals surface area contributed by atoms with Crippen LogP contribution in [-0.4, -0.2) is 38.3 Å². The van der Waals surface area contributed by atoms with Gasteiger partial charge in [-0.25, -0.2) is 4.98 Å². The van der Waals surface area contributed by atoms with E-state index in [9.17, 15) is 0 Å². The van der Waals surface area contributed by atoms with E-state index in [1.807, 2.05) is 14.1 Å². The Kier molecular flexibility index (Phi) is 3.78. The molecule has 5 heteroatoms. The molecule has 0 aromatic carbocycles. The zero-order chi connectivity index (χ0) is 11.5. The second-order valence-corrected chi connectivity index (χ2v) is 5.40. The molecule has 1 aromatic rings. The summed E-state index contributed by atoms with van der Waals surface area (Å²) in [6, 6.07) is 0.518. The Balaban J connectivity index is 1.92. The van der Waals surface area contributed by atoms with Crippen LogP contribution >= 0.6 is 11.3 Å². The molecule has 1 aromatic heterocycles. The van der Waals surface area contributed by atoms with Crippen LogP contribution in [0.3, 0.4) is 0 Å². The van der Waals surface area contributed by atoms with Crippen molar-refractivity contribution in [2.45, 2.75) is 25.9 Å². The van der Waals surface area contributed by atoms with Gasteiger partial charge in [-0.05, 0) is 13.3 Å². The van der Waals surface area contributed by atoms with Crippen molar-refractivity contribution in [3.63, 3.8) is 0 Å². The van der Waals surface area contributed by atoms with Crippen LogP contribution in [0.15, 0.2) is 0 Å². The van der Waals surface area contributed by atoms with E-state index < -0.39 is 0 Å². The van der Waals surface area contributed by atoms with Crippen molar-refractivity contribution in [3.05, 3.63) is 10.6 Å². The van der Waals surface area contributed by atoms with E-state index in [2.05, 4.69) is 22.1 Å². The van der Waals surface area contributed by atoms with Gasteiger partial charge in [0.2, 0.25) is 0 Å². The first-order chi connectivity index (χ1) is 7.66. The molecule has 1 saturated heterocycles. The molecule has 1 unspecified atom stereocenters. The zero-order valence-electron chi connectivity index (χ0n) is 10.1. The van der Waals surface area contributed by atoms with Crippen molar-refractivity contribution in [1.29, 1.82) is 0 Å². The van der Waals surface area contributed by atoms with Gasteiger partial charge in [-0.1, -0.05) is 0 Å². The number of nitrogens with one attached hydrogen (secondary N) is 1. The van der Waals surface area contributed by atoms with Gasteiger partial charge in [-0.3, -0.25) is 0 Å². The molecule has 0 bridgehead atoms. The van der Waals surface area contributed by atoms with Crippen LogP contribution < -0.4 is 10.2 Å². The third kappa shape index (κ3) is 2.72. The monoisotopic (exact) mass is 241 g/mol. The summed E-state index contributed by atoms with van der Waals surface area (Å²) in [7, 11) is 4.06. The van der Waals surface area contributed by atoms with Crippen LogP contribution in [-0.2, 0) is 11.3 Å². The minimum absolute atomic E-state index is 0.518. The lowest BCUT2D eigenvalue weighted by Crippen LogP contribution is -2.28. The third-order valence-corrected chi connectivity index (χ3v) is 4.07. The first-order valence-corrected chi connectivity index (χ1v) is 6.43. The lowest BCUT2D eigenvalue weighted by atomic mass is 10.2. The van der Waals surface area contributed by atoms with Gasteiger partial charge in [0.25, 0.3) is 0 Å². The first kappa shape index (κ1) is 11.8. The fourth-order valence-corrected chi connectivity index (χ4v) is 2.63. The summed E-state index contributed by atoms with van der Waals surface area (Å²) in [6.07, 6.45) is 1.12. The van der Waals surface area contributed by atoms with Gasteiger partial charge >= 0.3 is 0 Å². The molecule has 4 nitrogen and oxygen atoms in total. The lowest BCUT2D eigenvalue weighted by Gasteiger charge is -2.09. The number of aromatic nitrogens is 1. The van der Waals surface area contributed by atoms with Crippen molar-refractivity contribution in [2.75, 3.05) is 32.2 Å². The number of ether oxygens (including phenoxy) is 1. The maximum atomic E-state index is 5.34. The quantitative estimate of drug-likeness (QED) is 0.864. The molecule has 0 aliphatic carbocycles. The Morgan fingerprint density at radius 2 is 2.38 bits per heavy atom. The van der Waals surface area contributed by atoms with Crippen LogP contribution in [0.2, 0.25) is 0 Å². The summed E-state index contributed by atoms with van der Waals surface area (Å²) in [6.45, 7) is 4.72. The van der Waals surface area contributed by atoms with Crippen LogP contribution in [0.25, 0.3) is 0 Å². The van der Waals surface area contributed by atoms with Crippen LogP contribution in [0.4, 0.5) is 5.13 Å². The maximum Gasteiger partial charge on any atom is 0.185 e. The molecule has 16 heavy (non-hydrogen) atoms. The van der Waals surface area contributed by atoms with Gasteiger partial charge < -0.3 is 15.0 Å². The molecule has 0 radical (unpaired) electrons. The van der Waals surface area contributed by atoms with E-state index in [0.717, 1.165) is 37.0 Å². The predicted octanol–water partition coefficient (Wildman–Crippen LogP) is 1.40. The summed E-state index contributed by atoms with van der Waals surface area (Å²) in [4.78, 5) is 7.91. The summed E-state index contributed by atoms with van der Waals surface area (Å²) in [5.74, 6) is 0. The molecule has 2 rings (SSSR count). The van der Waals surface area contributed by atoms with E-state index in [-0.39, 0.29) is 0 Å². The van der Waals surface area contributed by atoms with Crippen LogP contribution in [0, 0.1) is 6.92 Å². The normalized spacial score (nSPS) is 20.3. The van der Waals surface area contributed by atoms with Crippen molar-refractivity contribution < 1.29 is 4.74 Å². The predicted molar refractivity (Wildman–Crippen MR) is 67.2 cm³/mol. The fraction of sp³-hybridized carbons (Fsp3) is 0.727. The highest BCUT2D eigenvalue weighted by Crippen LogP contribution is 2.24. The maximum absolute atomic E-state index is 5.34. The Morgan fingerprint density at radius 1 is 1.56 bits per heavy atom. The van der Waals surface area contributed by atoms with Gasteiger partial charge in [0.1, 0.15) is 0 Å². The average molecular weight is 241 g/mol. The van der Waals surface area contributed by atoms with E-state index in [1.54, 1.807) is 11.3 Å². The Hall–Kier alpha value is -0.650. The van der Waals surface area contributed by atoms with Crippen LogP contribution in [0.1, 0.15) is 17.0 Å². The summed E-state index contributed by atoms with van der Waals surface area (Å²) < 4.78 is 5.34. The third-order valence-electron chi connectivity index (χ3n) is 2.74. The van der Waals surface area contributed by atoms with Gasteiger partial charge in [-0.15, -0.1) is 11.3 Å². The molecule has 1 fully saturated rings. The molecule has 90 valence electrons. The van der Waals surface area contributed by atoms with Gasteiger partial charge in [0.15, 0.2) is 5.13 Å². The molecule has 1 aliphatic heterocycles. The highest BCUT2D eigenvalue weighted by Gasteiger charge is 2.16. The molecular weight excluding hydrogens is 222 g/mol. The number of rotatable bonds is 4. The molecule has 1 N–H and O–H groups in total. The highest BCUT2D eigenvalue weighted by molar-refractivity contribution is 7.15. The van der Waals surface area contributed by atoms with E-state index >= 15 is 0 Å². The highest BCUT2D eigenvalue weighted by atomic mass is 32.1. The minimum atomic E-state index is 0.518. The number of thiazole rings is 1. The number of nitrogens with zero attached hydrogens (tertiary/aromatic N) is 2. The first-order valence-electron chi connectivity index (χ1n) is 5.61. The average Bonchev–Trinajstić information content (AvgIpc) is 2.84. The molecular formula is C11H19N3OS. The zero-order valence-corrected chi connectivity index (χ0v) is 10.9. The van der Waals surface area contributed by atoms with E-state index in [4.69, 9.17) is 4.74 Å². The number of hydrogen-bond acceptors (Lipinski definition) is 5. The Labute approximate surface area is 101 Å². The fourth-order valence-electron chi connectivity index (χ4n) is 1.70. The number of aryl methyl sites for hydroxylation is 1.